The Kier molecular flexibility index (Phi) is 2.25. The van der Waals surface area contributed by atoms with Gasteiger partial charge in [-0.25, -0.2) is 0 Å². The minimum Gasteiger partial charge on any atom is -0.379 e. The summed E-state index contributed by atoms with van der Waals surface area (Å²) >= 11 is 0. The maximum Gasteiger partial charge on any atom is 0.0825 e. The van der Waals surface area contributed by atoms with E-state index < -0.39 is 0 Å². The molecule has 1 aliphatic rings. The van der Waals surface area contributed by atoms with Crippen molar-refractivity contribution in [1.29, 1.82) is 0 Å². The molecule has 0 bridgehead atoms. The van der Waals surface area contributed by atoms with Gasteiger partial charge in [0.1, 0.15) is 0 Å². The van der Waals surface area contributed by atoms with E-state index in [9.17, 15) is 0 Å². The third-order valence-corrected chi connectivity index (χ3v) is 3.51. The number of aryl methyl sites for hydroxylation is 2. The summed E-state index contributed by atoms with van der Waals surface area (Å²) in [5, 5.41) is 7.89. The predicted octanol–water partition coefficient (Wildman–Crippen LogP) is 2.18. The van der Waals surface area contributed by atoms with Gasteiger partial charge in [0.15, 0.2) is 0 Å². The molecule has 3 unspecified atom stereocenters. The molecule has 78 valence electrons. The van der Waals surface area contributed by atoms with E-state index in [0.29, 0.717) is 6.04 Å². The van der Waals surface area contributed by atoms with Gasteiger partial charge in [0, 0.05) is 19.3 Å². The number of rotatable bonds is 2. The van der Waals surface area contributed by atoms with Gasteiger partial charge in [-0.05, 0) is 25.2 Å². The molecule has 14 heavy (non-hydrogen) atoms. The second-order valence-electron chi connectivity index (χ2n) is 4.62. The van der Waals surface area contributed by atoms with E-state index in [1.165, 1.54) is 12.1 Å². The van der Waals surface area contributed by atoms with Crippen LogP contribution >= 0.6 is 0 Å². The zero-order valence-electron chi connectivity index (χ0n) is 9.41. The van der Waals surface area contributed by atoms with Crippen molar-refractivity contribution in [2.75, 3.05) is 5.32 Å². The van der Waals surface area contributed by atoms with Crippen molar-refractivity contribution in [3.05, 3.63) is 11.9 Å². The van der Waals surface area contributed by atoms with Gasteiger partial charge in [-0.3, -0.25) is 4.68 Å². The maximum absolute atomic E-state index is 4.32. The Morgan fingerprint density at radius 2 is 2.21 bits per heavy atom. The summed E-state index contributed by atoms with van der Waals surface area (Å²) in [5.74, 6) is 1.65. The van der Waals surface area contributed by atoms with Crippen LogP contribution in [0.2, 0.25) is 0 Å². The summed E-state index contributed by atoms with van der Waals surface area (Å²) in [5.41, 5.74) is 2.29. The topological polar surface area (TPSA) is 29.9 Å². The van der Waals surface area contributed by atoms with Gasteiger partial charge in [0.2, 0.25) is 0 Å². The molecule has 0 spiro atoms. The zero-order chi connectivity index (χ0) is 10.3. The lowest BCUT2D eigenvalue weighted by molar-refractivity contribution is 0.189. The molecule has 0 amide bonds. The predicted molar refractivity (Wildman–Crippen MR) is 58.3 cm³/mol. The van der Waals surface area contributed by atoms with Crippen LogP contribution in [0.5, 0.6) is 0 Å². The summed E-state index contributed by atoms with van der Waals surface area (Å²) in [4.78, 5) is 0. The van der Waals surface area contributed by atoms with Crippen molar-refractivity contribution in [1.82, 2.24) is 9.78 Å². The van der Waals surface area contributed by atoms with Crippen LogP contribution in [0.25, 0.3) is 0 Å². The number of nitrogens with one attached hydrogen (secondary N) is 1. The first-order chi connectivity index (χ1) is 6.58. The monoisotopic (exact) mass is 193 g/mol. The Hall–Kier alpha value is -0.990. The van der Waals surface area contributed by atoms with Crippen LogP contribution < -0.4 is 5.32 Å². The van der Waals surface area contributed by atoms with Crippen molar-refractivity contribution in [3.8, 4) is 0 Å². The Labute approximate surface area is 85.5 Å². The fourth-order valence-electron chi connectivity index (χ4n) is 2.16. The normalized spacial score (nSPS) is 31.3. The van der Waals surface area contributed by atoms with Crippen LogP contribution in [-0.2, 0) is 7.05 Å². The second-order valence-corrected chi connectivity index (χ2v) is 4.62. The lowest BCUT2D eigenvalue weighted by Gasteiger charge is -2.41. The smallest absolute Gasteiger partial charge is 0.0825 e. The first kappa shape index (κ1) is 9.56. The van der Waals surface area contributed by atoms with E-state index in [1.54, 1.807) is 0 Å². The highest BCUT2D eigenvalue weighted by Crippen LogP contribution is 2.36. The Morgan fingerprint density at radius 3 is 2.64 bits per heavy atom. The molecule has 0 radical (unpaired) electrons. The van der Waals surface area contributed by atoms with Crippen LogP contribution in [-0.4, -0.2) is 15.8 Å². The summed E-state index contributed by atoms with van der Waals surface area (Å²) in [6.45, 7) is 6.69. The number of aromatic nitrogens is 2. The van der Waals surface area contributed by atoms with Crippen LogP contribution in [0.15, 0.2) is 6.20 Å². The molecule has 1 aromatic heterocycles. The minimum absolute atomic E-state index is 0.646. The number of nitrogens with zero attached hydrogens (tertiary/aromatic N) is 2. The molecule has 1 N–H and O–H groups in total. The highest BCUT2D eigenvalue weighted by molar-refractivity contribution is 5.47. The van der Waals surface area contributed by atoms with Crippen molar-refractivity contribution in [2.24, 2.45) is 18.9 Å². The summed E-state index contributed by atoms with van der Waals surface area (Å²) in [6, 6.07) is 0.646. The molecule has 3 nitrogen and oxygen atoms in total. The zero-order valence-corrected chi connectivity index (χ0v) is 9.41. The maximum atomic E-state index is 4.32. The molecule has 1 saturated carbocycles. The third-order valence-electron chi connectivity index (χ3n) is 3.51. The Morgan fingerprint density at radius 1 is 1.50 bits per heavy atom. The van der Waals surface area contributed by atoms with Gasteiger partial charge in [0.25, 0.3) is 0 Å². The molecule has 0 aliphatic heterocycles. The average molecular weight is 193 g/mol. The fraction of sp³-hybridized carbons (Fsp3) is 0.727. The van der Waals surface area contributed by atoms with Gasteiger partial charge < -0.3 is 5.32 Å². The lowest BCUT2D eigenvalue weighted by Crippen LogP contribution is -2.43. The summed E-state index contributed by atoms with van der Waals surface area (Å²) in [7, 11) is 1.96. The van der Waals surface area contributed by atoms with Crippen LogP contribution in [0.1, 0.15) is 26.0 Å². The van der Waals surface area contributed by atoms with Crippen LogP contribution in [0.4, 0.5) is 5.69 Å². The molecular weight excluding hydrogens is 174 g/mol. The average Bonchev–Trinajstić information content (AvgIpc) is 2.44. The number of hydrogen-bond donors (Lipinski definition) is 1. The van der Waals surface area contributed by atoms with Crippen molar-refractivity contribution in [2.45, 2.75) is 33.2 Å². The molecule has 3 heteroatoms. The SMILES string of the molecule is Cc1nn(C)cc1NC1CC(C)C1C. The fourth-order valence-corrected chi connectivity index (χ4v) is 2.16. The van der Waals surface area contributed by atoms with E-state index in [1.807, 2.05) is 11.7 Å². The standard InChI is InChI=1S/C11H19N3/c1-7-5-10(8(7)2)12-11-6-14(4)13-9(11)3/h6-8,10,12H,5H2,1-4H3. The van der Waals surface area contributed by atoms with E-state index in [0.717, 1.165) is 17.5 Å². The first-order valence-corrected chi connectivity index (χ1v) is 5.34. The third kappa shape index (κ3) is 1.51. The lowest BCUT2D eigenvalue weighted by atomic mass is 9.71. The molecular formula is C11H19N3. The van der Waals surface area contributed by atoms with Gasteiger partial charge >= 0.3 is 0 Å². The van der Waals surface area contributed by atoms with E-state index >= 15 is 0 Å². The first-order valence-electron chi connectivity index (χ1n) is 5.34. The van der Waals surface area contributed by atoms with Crippen molar-refractivity contribution >= 4 is 5.69 Å². The highest BCUT2D eigenvalue weighted by Gasteiger charge is 2.34. The molecule has 0 aromatic carbocycles. The van der Waals surface area contributed by atoms with Gasteiger partial charge in [-0.1, -0.05) is 13.8 Å². The number of anilines is 1. The van der Waals surface area contributed by atoms with E-state index in [4.69, 9.17) is 0 Å². The quantitative estimate of drug-likeness (QED) is 0.780. The Bertz CT molecular complexity index is 329. The Balaban J connectivity index is 2.01. The largest absolute Gasteiger partial charge is 0.379 e. The molecule has 3 atom stereocenters. The van der Waals surface area contributed by atoms with Gasteiger partial charge in [-0.2, -0.15) is 5.10 Å². The molecule has 1 heterocycles. The molecule has 1 aliphatic carbocycles. The number of hydrogen-bond acceptors (Lipinski definition) is 2. The van der Waals surface area contributed by atoms with Gasteiger partial charge in [-0.15, -0.1) is 0 Å². The molecule has 1 aromatic rings. The molecule has 1 fully saturated rings. The van der Waals surface area contributed by atoms with Gasteiger partial charge in [0.05, 0.1) is 11.4 Å². The van der Waals surface area contributed by atoms with E-state index in [2.05, 4.69) is 37.4 Å². The van der Waals surface area contributed by atoms with Crippen LogP contribution in [0, 0.1) is 18.8 Å². The molecule has 0 saturated heterocycles. The second kappa shape index (κ2) is 3.30. The van der Waals surface area contributed by atoms with Crippen molar-refractivity contribution in [3.63, 3.8) is 0 Å². The highest BCUT2D eigenvalue weighted by atomic mass is 15.3. The minimum atomic E-state index is 0.646. The summed E-state index contributed by atoms with van der Waals surface area (Å²) in [6.07, 6.45) is 3.35. The summed E-state index contributed by atoms with van der Waals surface area (Å²) < 4.78 is 1.87. The van der Waals surface area contributed by atoms with Crippen LogP contribution in [0.3, 0.4) is 0 Å². The molecule has 2 rings (SSSR count). The van der Waals surface area contributed by atoms with Crippen molar-refractivity contribution < 1.29 is 0 Å². The van der Waals surface area contributed by atoms with E-state index in [-0.39, 0.29) is 0 Å².